The molecule has 1 N–H and O–H groups in total. The number of aromatic amines is 1. The Hall–Kier alpha value is -2.21. The average Bonchev–Trinajstić information content (AvgIpc) is 3.26. The molecule has 4 rings (SSSR count). The minimum atomic E-state index is 0.253. The molecular weight excluding hydrogens is 302 g/mol. The van der Waals surface area contributed by atoms with Crippen LogP contribution in [-0.2, 0) is 4.79 Å². The van der Waals surface area contributed by atoms with E-state index in [1.165, 1.54) is 0 Å². The van der Waals surface area contributed by atoms with Crippen LogP contribution in [0.1, 0.15) is 31.0 Å². The van der Waals surface area contributed by atoms with E-state index in [1.54, 1.807) is 6.33 Å². The maximum absolute atomic E-state index is 12.3. The molecule has 1 atom stereocenters. The van der Waals surface area contributed by atoms with Crippen molar-refractivity contribution in [1.82, 2.24) is 20.1 Å². The Bertz CT molecular complexity index is 664. The van der Waals surface area contributed by atoms with Crippen LogP contribution >= 0.6 is 0 Å². The Balaban J connectivity index is 1.30. The lowest BCUT2D eigenvalue weighted by molar-refractivity contribution is -0.117. The van der Waals surface area contributed by atoms with Gasteiger partial charge in [-0.1, -0.05) is 18.2 Å². The van der Waals surface area contributed by atoms with E-state index in [4.69, 9.17) is 0 Å². The van der Waals surface area contributed by atoms with Crippen molar-refractivity contribution in [2.75, 3.05) is 31.1 Å². The highest BCUT2D eigenvalue weighted by molar-refractivity contribution is 5.95. The summed E-state index contributed by atoms with van der Waals surface area (Å²) in [4.78, 5) is 21.0. The Kier molecular flexibility index (Phi) is 4.30. The van der Waals surface area contributed by atoms with Gasteiger partial charge in [0.15, 0.2) is 0 Å². The fourth-order valence-corrected chi connectivity index (χ4v) is 3.93. The van der Waals surface area contributed by atoms with Gasteiger partial charge in [-0.3, -0.25) is 9.89 Å². The number of likely N-dealkylation sites (tertiary alicyclic amines) is 1. The number of carbonyl (C=O) groups excluding carboxylic acids is 1. The van der Waals surface area contributed by atoms with Crippen molar-refractivity contribution in [3.63, 3.8) is 0 Å². The van der Waals surface area contributed by atoms with Crippen LogP contribution in [0.5, 0.6) is 0 Å². The number of H-pyrrole nitrogens is 1. The molecule has 2 aliphatic rings. The summed E-state index contributed by atoms with van der Waals surface area (Å²) >= 11 is 0. The van der Waals surface area contributed by atoms with Crippen molar-refractivity contribution in [3.8, 4) is 0 Å². The first-order valence-electron chi connectivity index (χ1n) is 8.72. The SMILES string of the molecule is O=C1C[C@@H](CN2CCC(c3ncn[nH]3)CC2)CN1c1ccccc1. The molecule has 0 saturated carbocycles. The second-order valence-electron chi connectivity index (χ2n) is 6.86. The summed E-state index contributed by atoms with van der Waals surface area (Å²) in [6.07, 6.45) is 4.47. The fraction of sp³-hybridized carbons (Fsp3) is 0.500. The van der Waals surface area contributed by atoms with E-state index in [-0.39, 0.29) is 5.91 Å². The molecule has 3 heterocycles. The molecule has 0 aliphatic carbocycles. The van der Waals surface area contributed by atoms with Gasteiger partial charge < -0.3 is 9.80 Å². The van der Waals surface area contributed by atoms with Crippen LogP contribution in [0.4, 0.5) is 5.69 Å². The van der Waals surface area contributed by atoms with E-state index in [1.807, 2.05) is 35.2 Å². The Labute approximate surface area is 141 Å². The number of benzene rings is 1. The Morgan fingerprint density at radius 1 is 1.17 bits per heavy atom. The number of piperidine rings is 1. The highest BCUT2D eigenvalue weighted by Crippen LogP contribution is 2.29. The smallest absolute Gasteiger partial charge is 0.227 e. The predicted octanol–water partition coefficient (Wildman–Crippen LogP) is 2.04. The van der Waals surface area contributed by atoms with Crippen LogP contribution in [0.3, 0.4) is 0 Å². The molecule has 0 spiro atoms. The van der Waals surface area contributed by atoms with Crippen LogP contribution in [0.25, 0.3) is 0 Å². The van der Waals surface area contributed by atoms with Gasteiger partial charge in [0, 0.05) is 31.1 Å². The molecule has 126 valence electrons. The number of nitrogens with one attached hydrogen (secondary N) is 1. The molecule has 24 heavy (non-hydrogen) atoms. The number of para-hydroxylation sites is 1. The van der Waals surface area contributed by atoms with Crippen molar-refractivity contribution >= 4 is 11.6 Å². The number of hydrogen-bond acceptors (Lipinski definition) is 4. The molecule has 1 amide bonds. The van der Waals surface area contributed by atoms with E-state index < -0.39 is 0 Å². The topological polar surface area (TPSA) is 65.1 Å². The quantitative estimate of drug-likeness (QED) is 0.934. The summed E-state index contributed by atoms with van der Waals surface area (Å²) in [6.45, 7) is 3.99. The second kappa shape index (κ2) is 6.73. The molecule has 2 aromatic rings. The van der Waals surface area contributed by atoms with Gasteiger partial charge in [0.05, 0.1) is 0 Å². The number of amides is 1. The summed E-state index contributed by atoms with van der Waals surface area (Å²) in [7, 11) is 0. The number of anilines is 1. The third-order valence-corrected chi connectivity index (χ3v) is 5.20. The van der Waals surface area contributed by atoms with Crippen molar-refractivity contribution in [3.05, 3.63) is 42.5 Å². The fourth-order valence-electron chi connectivity index (χ4n) is 3.93. The summed E-state index contributed by atoms with van der Waals surface area (Å²) in [5.41, 5.74) is 1.02. The minimum Gasteiger partial charge on any atom is -0.312 e. The first kappa shape index (κ1) is 15.3. The van der Waals surface area contributed by atoms with Gasteiger partial charge in [0.2, 0.25) is 5.91 Å². The molecular formula is C18H23N5O. The van der Waals surface area contributed by atoms with Crippen molar-refractivity contribution in [2.24, 2.45) is 5.92 Å². The van der Waals surface area contributed by atoms with Gasteiger partial charge >= 0.3 is 0 Å². The molecule has 1 aromatic heterocycles. The number of rotatable bonds is 4. The van der Waals surface area contributed by atoms with E-state index >= 15 is 0 Å². The minimum absolute atomic E-state index is 0.253. The average molecular weight is 325 g/mol. The second-order valence-corrected chi connectivity index (χ2v) is 6.86. The maximum Gasteiger partial charge on any atom is 0.227 e. The molecule has 0 bridgehead atoms. The van der Waals surface area contributed by atoms with Crippen molar-refractivity contribution < 1.29 is 4.79 Å². The summed E-state index contributed by atoms with van der Waals surface area (Å²) < 4.78 is 0. The summed E-state index contributed by atoms with van der Waals surface area (Å²) in [5.74, 6) is 2.19. The van der Waals surface area contributed by atoms with Gasteiger partial charge in [0.25, 0.3) is 0 Å². The monoisotopic (exact) mass is 325 g/mol. The summed E-state index contributed by atoms with van der Waals surface area (Å²) in [5, 5.41) is 6.95. The van der Waals surface area contributed by atoms with E-state index in [0.717, 1.165) is 50.5 Å². The van der Waals surface area contributed by atoms with Crippen LogP contribution < -0.4 is 4.90 Å². The van der Waals surface area contributed by atoms with Crippen molar-refractivity contribution in [2.45, 2.75) is 25.2 Å². The third kappa shape index (κ3) is 3.19. The largest absolute Gasteiger partial charge is 0.312 e. The molecule has 2 saturated heterocycles. The van der Waals surface area contributed by atoms with Crippen LogP contribution in [-0.4, -0.2) is 52.2 Å². The van der Waals surface area contributed by atoms with Crippen molar-refractivity contribution in [1.29, 1.82) is 0 Å². The molecule has 2 fully saturated rings. The van der Waals surface area contributed by atoms with E-state index in [2.05, 4.69) is 20.1 Å². The van der Waals surface area contributed by atoms with Crippen LogP contribution in [0.2, 0.25) is 0 Å². The third-order valence-electron chi connectivity index (χ3n) is 5.20. The number of nitrogens with zero attached hydrogens (tertiary/aromatic N) is 4. The molecule has 6 heteroatoms. The van der Waals surface area contributed by atoms with Gasteiger partial charge in [-0.2, -0.15) is 5.10 Å². The number of carbonyl (C=O) groups is 1. The lowest BCUT2D eigenvalue weighted by Gasteiger charge is -2.32. The van der Waals surface area contributed by atoms with E-state index in [9.17, 15) is 4.79 Å². The lowest BCUT2D eigenvalue weighted by atomic mass is 9.95. The van der Waals surface area contributed by atoms with Crippen LogP contribution in [0.15, 0.2) is 36.7 Å². The van der Waals surface area contributed by atoms with Gasteiger partial charge in [-0.15, -0.1) is 0 Å². The summed E-state index contributed by atoms with van der Waals surface area (Å²) in [6, 6.07) is 10.0. The number of hydrogen-bond donors (Lipinski definition) is 1. The van der Waals surface area contributed by atoms with Gasteiger partial charge in [-0.25, -0.2) is 4.98 Å². The Morgan fingerprint density at radius 3 is 2.67 bits per heavy atom. The highest BCUT2D eigenvalue weighted by Gasteiger charge is 2.32. The molecule has 0 unspecified atom stereocenters. The molecule has 1 aromatic carbocycles. The Morgan fingerprint density at radius 2 is 1.96 bits per heavy atom. The molecule has 0 radical (unpaired) electrons. The zero-order valence-corrected chi connectivity index (χ0v) is 13.8. The first-order chi connectivity index (χ1) is 11.8. The van der Waals surface area contributed by atoms with Gasteiger partial charge in [0.1, 0.15) is 12.2 Å². The standard InChI is InChI=1S/C18H23N5O/c24-17-10-14(12-23(17)16-4-2-1-3-5-16)11-22-8-6-15(7-9-22)18-19-13-20-21-18/h1-5,13-15H,6-12H2,(H,19,20,21)/t14-/m0/s1. The van der Waals surface area contributed by atoms with Crippen LogP contribution in [0, 0.1) is 5.92 Å². The first-order valence-corrected chi connectivity index (χ1v) is 8.72. The lowest BCUT2D eigenvalue weighted by Crippen LogP contribution is -2.37. The molecule has 2 aliphatic heterocycles. The zero-order chi connectivity index (χ0) is 16.4. The predicted molar refractivity (Wildman–Crippen MR) is 91.7 cm³/mol. The van der Waals surface area contributed by atoms with Gasteiger partial charge in [-0.05, 0) is 44.0 Å². The number of aromatic nitrogens is 3. The highest BCUT2D eigenvalue weighted by atomic mass is 16.2. The zero-order valence-electron chi connectivity index (χ0n) is 13.8. The normalized spacial score (nSPS) is 23.1. The molecule has 6 nitrogen and oxygen atoms in total. The van der Waals surface area contributed by atoms with E-state index in [0.29, 0.717) is 18.3 Å². The maximum atomic E-state index is 12.3.